The van der Waals surface area contributed by atoms with Crippen LogP contribution < -0.4 is 15.7 Å². The van der Waals surface area contributed by atoms with Crippen LogP contribution in [0.25, 0.3) is 0 Å². The van der Waals surface area contributed by atoms with Crippen molar-refractivity contribution in [2.45, 2.75) is 25.0 Å². The summed E-state index contributed by atoms with van der Waals surface area (Å²) >= 11 is 0. The lowest BCUT2D eigenvalue weighted by Crippen LogP contribution is -2.46. The van der Waals surface area contributed by atoms with E-state index in [1.807, 2.05) is 65.6 Å². The molecule has 0 radical (unpaired) electrons. The van der Waals surface area contributed by atoms with Crippen LogP contribution in [0.3, 0.4) is 0 Å². The van der Waals surface area contributed by atoms with E-state index in [1.54, 1.807) is 0 Å². The molecule has 132 valence electrons. The number of hydrogen-bond acceptors (Lipinski definition) is 2. The predicted octanol–water partition coefficient (Wildman–Crippen LogP) is 2.72. The van der Waals surface area contributed by atoms with Crippen molar-refractivity contribution < 1.29 is 9.36 Å². The number of hydrogen-bond donors (Lipinski definition) is 1. The molecule has 1 heterocycles. The van der Waals surface area contributed by atoms with Crippen molar-refractivity contribution in [3.63, 3.8) is 0 Å². The fourth-order valence-electron chi connectivity index (χ4n) is 3.14. The molecule has 0 aliphatic carbocycles. The van der Waals surface area contributed by atoms with Gasteiger partial charge < -0.3 is 4.90 Å². The van der Waals surface area contributed by atoms with Gasteiger partial charge in [0.25, 0.3) is 0 Å². The zero-order valence-electron chi connectivity index (χ0n) is 14.2. The molecular formula is C19H24N2O2P2. The van der Waals surface area contributed by atoms with E-state index in [0.717, 1.165) is 25.9 Å². The molecule has 1 fully saturated rings. The molecule has 0 aromatic heterocycles. The molecule has 2 aromatic rings. The highest BCUT2D eigenvalue weighted by atomic mass is 31.2. The van der Waals surface area contributed by atoms with E-state index in [4.69, 9.17) is 0 Å². The summed E-state index contributed by atoms with van der Waals surface area (Å²) in [5.74, 6) is -0.582. The summed E-state index contributed by atoms with van der Waals surface area (Å²) in [4.78, 5) is 14.6. The van der Waals surface area contributed by atoms with Gasteiger partial charge in [0, 0.05) is 23.7 Å². The van der Waals surface area contributed by atoms with Gasteiger partial charge in [0.1, 0.15) is 5.78 Å². The summed E-state index contributed by atoms with van der Waals surface area (Å²) in [5, 5.41) is 4.57. The van der Waals surface area contributed by atoms with Gasteiger partial charge in [-0.1, -0.05) is 36.4 Å². The standard InChI is InChI=1S/C19H24N2O2P2/c22-19(21-14-8-3-9-15-21)18(24)20-25(23,16-10-4-1-5-11-16)17-12-6-2-7-13-17/h1-2,4-7,10-13,18H,3,8-9,14-15,24H2,(H,20,23)/t18-/m0/s1. The fourth-order valence-corrected chi connectivity index (χ4v) is 6.26. The van der Waals surface area contributed by atoms with E-state index < -0.39 is 13.1 Å². The predicted molar refractivity (Wildman–Crippen MR) is 107 cm³/mol. The zero-order chi connectivity index (χ0) is 17.7. The third-order valence-corrected chi connectivity index (χ3v) is 7.92. The first kappa shape index (κ1) is 18.3. The van der Waals surface area contributed by atoms with Gasteiger partial charge in [0.05, 0.1) is 0 Å². The van der Waals surface area contributed by atoms with Gasteiger partial charge in [-0.15, -0.1) is 9.24 Å². The highest BCUT2D eigenvalue weighted by molar-refractivity contribution is 7.77. The molecule has 1 amide bonds. The first-order valence-electron chi connectivity index (χ1n) is 8.65. The van der Waals surface area contributed by atoms with Crippen LogP contribution >= 0.6 is 16.5 Å². The molecular weight excluding hydrogens is 350 g/mol. The minimum absolute atomic E-state index is 0.00297. The summed E-state index contributed by atoms with van der Waals surface area (Å²) in [5.41, 5.74) is 0. The molecule has 1 N–H and O–H groups in total. The van der Waals surface area contributed by atoms with Crippen molar-refractivity contribution in [3.8, 4) is 0 Å². The third kappa shape index (κ3) is 4.20. The van der Waals surface area contributed by atoms with E-state index in [1.165, 1.54) is 6.42 Å². The summed E-state index contributed by atoms with van der Waals surface area (Å²) < 4.78 is 13.9. The van der Waals surface area contributed by atoms with Gasteiger partial charge in [-0.2, -0.15) is 0 Å². The number of piperidine rings is 1. The first-order chi connectivity index (χ1) is 12.1. The van der Waals surface area contributed by atoms with Crippen LogP contribution in [0.4, 0.5) is 0 Å². The Morgan fingerprint density at radius 3 is 1.88 bits per heavy atom. The van der Waals surface area contributed by atoms with Gasteiger partial charge in [0.2, 0.25) is 13.2 Å². The first-order valence-corrected chi connectivity index (χ1v) is 11.0. The van der Waals surface area contributed by atoms with E-state index in [0.29, 0.717) is 10.6 Å². The molecule has 3 rings (SSSR count). The molecule has 1 unspecified atom stereocenters. The topological polar surface area (TPSA) is 49.4 Å². The second kappa shape index (κ2) is 8.27. The van der Waals surface area contributed by atoms with Crippen LogP contribution in [-0.4, -0.2) is 29.7 Å². The quantitative estimate of drug-likeness (QED) is 0.819. The average molecular weight is 374 g/mol. The number of amides is 1. The molecule has 2 atom stereocenters. The SMILES string of the molecule is O=C([C@H](P)NP(=O)(c1ccccc1)c1ccccc1)N1CCCCC1. The molecule has 4 nitrogen and oxygen atoms in total. The van der Waals surface area contributed by atoms with E-state index >= 15 is 0 Å². The molecule has 25 heavy (non-hydrogen) atoms. The van der Waals surface area contributed by atoms with Crippen LogP contribution in [0.15, 0.2) is 60.7 Å². The molecule has 1 saturated heterocycles. The molecule has 1 aliphatic heterocycles. The number of nitrogens with one attached hydrogen (secondary N) is 1. The molecule has 2 aromatic carbocycles. The van der Waals surface area contributed by atoms with Crippen LogP contribution in [0.1, 0.15) is 19.3 Å². The lowest BCUT2D eigenvalue weighted by Gasteiger charge is -2.31. The van der Waals surface area contributed by atoms with Gasteiger partial charge >= 0.3 is 0 Å². The van der Waals surface area contributed by atoms with E-state index in [2.05, 4.69) is 14.3 Å². The Balaban J connectivity index is 1.88. The second-order valence-corrected chi connectivity index (χ2v) is 9.45. The number of benzene rings is 2. The summed E-state index contributed by atoms with van der Waals surface area (Å²) in [6.07, 6.45) is 3.25. The maximum Gasteiger partial charge on any atom is 0.243 e. The number of rotatable bonds is 5. The third-order valence-electron chi connectivity index (χ3n) is 4.49. The van der Waals surface area contributed by atoms with Crippen LogP contribution in [0.2, 0.25) is 0 Å². The Morgan fingerprint density at radius 2 is 1.40 bits per heavy atom. The zero-order valence-corrected chi connectivity index (χ0v) is 16.2. The van der Waals surface area contributed by atoms with Crippen molar-refractivity contribution in [1.29, 1.82) is 0 Å². The lowest BCUT2D eigenvalue weighted by atomic mass is 10.1. The van der Waals surface area contributed by atoms with Crippen molar-refractivity contribution in [2.75, 3.05) is 13.1 Å². The number of likely N-dealkylation sites (tertiary alicyclic amines) is 1. The maximum absolute atomic E-state index is 13.9. The summed E-state index contributed by atoms with van der Waals surface area (Å²) in [6.45, 7) is 1.57. The Hall–Kier alpha value is -1.47. The molecule has 0 spiro atoms. The number of nitrogens with zero attached hydrogens (tertiary/aromatic N) is 1. The normalized spacial score (nSPS) is 16.4. The molecule has 0 saturated carbocycles. The van der Waals surface area contributed by atoms with E-state index in [-0.39, 0.29) is 5.91 Å². The lowest BCUT2D eigenvalue weighted by molar-refractivity contribution is -0.131. The van der Waals surface area contributed by atoms with Crippen LogP contribution in [0.5, 0.6) is 0 Å². The van der Waals surface area contributed by atoms with Crippen LogP contribution in [0, 0.1) is 0 Å². The molecule has 1 aliphatic rings. The van der Waals surface area contributed by atoms with Crippen molar-refractivity contribution in [2.24, 2.45) is 0 Å². The monoisotopic (exact) mass is 374 g/mol. The largest absolute Gasteiger partial charge is 0.341 e. The van der Waals surface area contributed by atoms with Crippen molar-refractivity contribution >= 4 is 33.0 Å². The van der Waals surface area contributed by atoms with Gasteiger partial charge in [-0.25, -0.2) is 5.09 Å². The Kier molecular flexibility index (Phi) is 6.06. The summed E-state index contributed by atoms with van der Waals surface area (Å²) in [7, 11) is -0.569. The summed E-state index contributed by atoms with van der Waals surface area (Å²) in [6, 6.07) is 18.7. The second-order valence-electron chi connectivity index (χ2n) is 6.27. The maximum atomic E-state index is 13.9. The fraction of sp³-hybridized carbons (Fsp3) is 0.316. The number of carbonyl (C=O) groups excluding carboxylic acids is 1. The number of carbonyl (C=O) groups is 1. The van der Waals surface area contributed by atoms with Crippen LogP contribution in [-0.2, 0) is 9.36 Å². The van der Waals surface area contributed by atoms with Gasteiger partial charge in [0.15, 0.2) is 0 Å². The van der Waals surface area contributed by atoms with Gasteiger partial charge in [-0.3, -0.25) is 9.36 Å². The highest BCUT2D eigenvalue weighted by Gasteiger charge is 2.32. The Labute approximate surface area is 151 Å². The molecule has 0 bridgehead atoms. The molecule has 6 heteroatoms. The van der Waals surface area contributed by atoms with Gasteiger partial charge in [-0.05, 0) is 43.5 Å². The van der Waals surface area contributed by atoms with E-state index in [9.17, 15) is 9.36 Å². The minimum Gasteiger partial charge on any atom is -0.341 e. The minimum atomic E-state index is -3.10. The van der Waals surface area contributed by atoms with Crippen molar-refractivity contribution in [1.82, 2.24) is 9.99 Å². The smallest absolute Gasteiger partial charge is 0.243 e. The Morgan fingerprint density at radius 1 is 0.920 bits per heavy atom. The average Bonchev–Trinajstić information content (AvgIpc) is 2.69. The highest BCUT2D eigenvalue weighted by Crippen LogP contribution is 2.40. The Bertz CT molecular complexity index is 703. The van der Waals surface area contributed by atoms with Crippen molar-refractivity contribution in [3.05, 3.63) is 60.7 Å².